The standard InChI is InChI=1S/C14H22N2O3/c1-4-9-7-5-6-8-10(9)16-12(18)14(2,3)11(17)15-13(16)19/h9-10H,4-8H2,1-3H3,(H,15,17,19). The van der Waals surface area contributed by atoms with Gasteiger partial charge in [0.05, 0.1) is 0 Å². The zero-order valence-electron chi connectivity index (χ0n) is 11.9. The van der Waals surface area contributed by atoms with Crippen LogP contribution in [0.1, 0.15) is 52.9 Å². The summed E-state index contributed by atoms with van der Waals surface area (Å²) in [7, 11) is 0. The molecule has 1 saturated carbocycles. The van der Waals surface area contributed by atoms with E-state index in [-0.39, 0.29) is 11.9 Å². The van der Waals surface area contributed by atoms with E-state index in [2.05, 4.69) is 12.2 Å². The van der Waals surface area contributed by atoms with Gasteiger partial charge in [0.25, 0.3) is 0 Å². The summed E-state index contributed by atoms with van der Waals surface area (Å²) in [4.78, 5) is 37.6. The molecule has 4 amide bonds. The van der Waals surface area contributed by atoms with E-state index in [0.29, 0.717) is 5.92 Å². The number of urea groups is 1. The summed E-state index contributed by atoms with van der Waals surface area (Å²) in [6.45, 7) is 5.24. The fourth-order valence-electron chi connectivity index (χ4n) is 3.11. The quantitative estimate of drug-likeness (QED) is 0.778. The second-order valence-corrected chi connectivity index (χ2v) is 6.08. The second kappa shape index (κ2) is 4.94. The lowest BCUT2D eigenvalue weighted by Gasteiger charge is -2.43. The molecule has 2 atom stereocenters. The third-order valence-electron chi connectivity index (χ3n) is 4.49. The maximum Gasteiger partial charge on any atom is 0.331 e. The van der Waals surface area contributed by atoms with Crippen molar-refractivity contribution >= 4 is 17.8 Å². The predicted molar refractivity (Wildman–Crippen MR) is 70.2 cm³/mol. The van der Waals surface area contributed by atoms with Gasteiger partial charge in [-0.15, -0.1) is 0 Å². The molecular weight excluding hydrogens is 244 g/mol. The molecule has 0 aromatic rings. The summed E-state index contributed by atoms with van der Waals surface area (Å²) in [6, 6.07) is -0.599. The number of barbiturate groups is 1. The second-order valence-electron chi connectivity index (χ2n) is 6.08. The van der Waals surface area contributed by atoms with Crippen LogP contribution in [-0.4, -0.2) is 28.8 Å². The van der Waals surface area contributed by atoms with Gasteiger partial charge in [-0.05, 0) is 32.6 Å². The normalized spacial score (nSPS) is 31.3. The van der Waals surface area contributed by atoms with Crippen LogP contribution in [0.25, 0.3) is 0 Å². The minimum absolute atomic E-state index is 0.0568. The molecule has 19 heavy (non-hydrogen) atoms. The van der Waals surface area contributed by atoms with Crippen molar-refractivity contribution in [1.29, 1.82) is 0 Å². The Kier molecular flexibility index (Phi) is 3.65. The monoisotopic (exact) mass is 266 g/mol. The Bertz CT molecular complexity index is 417. The molecule has 1 heterocycles. The molecule has 5 nitrogen and oxygen atoms in total. The average Bonchev–Trinajstić information content (AvgIpc) is 2.37. The molecule has 1 aliphatic carbocycles. The molecule has 2 aliphatic rings. The third kappa shape index (κ3) is 2.26. The van der Waals surface area contributed by atoms with Crippen LogP contribution in [0, 0.1) is 11.3 Å². The molecule has 2 rings (SSSR count). The summed E-state index contributed by atoms with van der Waals surface area (Å²) in [6.07, 6.45) is 5.04. The molecule has 106 valence electrons. The van der Waals surface area contributed by atoms with Crippen LogP contribution >= 0.6 is 0 Å². The number of hydrogen-bond acceptors (Lipinski definition) is 3. The SMILES string of the molecule is CCC1CCCCC1N1C(=O)NC(=O)C(C)(C)C1=O. The Morgan fingerprint density at radius 3 is 2.47 bits per heavy atom. The van der Waals surface area contributed by atoms with E-state index in [1.165, 1.54) is 4.90 Å². The smallest absolute Gasteiger partial charge is 0.277 e. The third-order valence-corrected chi connectivity index (χ3v) is 4.49. The first kappa shape index (κ1) is 14.0. The van der Waals surface area contributed by atoms with E-state index in [4.69, 9.17) is 0 Å². The molecule has 0 bridgehead atoms. The first-order chi connectivity index (χ1) is 8.89. The average molecular weight is 266 g/mol. The molecule has 1 saturated heterocycles. The van der Waals surface area contributed by atoms with Gasteiger partial charge in [-0.25, -0.2) is 4.79 Å². The number of nitrogens with one attached hydrogen (secondary N) is 1. The fraction of sp³-hybridized carbons (Fsp3) is 0.786. The highest BCUT2D eigenvalue weighted by Gasteiger charge is 2.50. The van der Waals surface area contributed by atoms with Crippen molar-refractivity contribution in [3.8, 4) is 0 Å². The lowest BCUT2D eigenvalue weighted by atomic mass is 9.79. The summed E-state index contributed by atoms with van der Waals surface area (Å²) in [5.74, 6) is -0.498. The minimum atomic E-state index is -1.15. The van der Waals surface area contributed by atoms with Gasteiger partial charge in [0, 0.05) is 6.04 Å². The van der Waals surface area contributed by atoms with Crippen LogP contribution < -0.4 is 5.32 Å². The van der Waals surface area contributed by atoms with Crippen LogP contribution in [0.2, 0.25) is 0 Å². The molecular formula is C14H22N2O3. The number of imide groups is 2. The van der Waals surface area contributed by atoms with E-state index < -0.39 is 17.4 Å². The number of amides is 4. The van der Waals surface area contributed by atoms with Crippen LogP contribution in [0.5, 0.6) is 0 Å². The Labute approximate surface area is 113 Å². The number of rotatable bonds is 2. The molecule has 1 aliphatic heterocycles. The molecule has 1 N–H and O–H groups in total. The van der Waals surface area contributed by atoms with Gasteiger partial charge in [0.1, 0.15) is 5.41 Å². The molecule has 2 fully saturated rings. The van der Waals surface area contributed by atoms with Crippen LogP contribution in [-0.2, 0) is 9.59 Å². The molecule has 2 unspecified atom stereocenters. The Morgan fingerprint density at radius 1 is 1.21 bits per heavy atom. The lowest BCUT2D eigenvalue weighted by molar-refractivity contribution is -0.151. The fourth-order valence-corrected chi connectivity index (χ4v) is 3.11. The Balaban J connectivity index is 2.29. The highest BCUT2D eigenvalue weighted by Crippen LogP contribution is 2.34. The van der Waals surface area contributed by atoms with Gasteiger partial charge in [-0.1, -0.05) is 26.2 Å². The number of hydrogen-bond donors (Lipinski definition) is 1. The van der Waals surface area contributed by atoms with Crippen LogP contribution in [0.3, 0.4) is 0 Å². The summed E-state index contributed by atoms with van der Waals surface area (Å²) in [5, 5.41) is 2.32. The maximum atomic E-state index is 12.5. The van der Waals surface area contributed by atoms with Gasteiger partial charge in [0.15, 0.2) is 0 Å². The molecule has 5 heteroatoms. The van der Waals surface area contributed by atoms with Crippen molar-refractivity contribution in [3.05, 3.63) is 0 Å². The number of nitrogens with zero attached hydrogens (tertiary/aromatic N) is 1. The van der Waals surface area contributed by atoms with Gasteiger partial charge >= 0.3 is 6.03 Å². The summed E-state index contributed by atoms with van der Waals surface area (Å²) in [5.41, 5.74) is -1.15. The van der Waals surface area contributed by atoms with Gasteiger partial charge in [0.2, 0.25) is 11.8 Å². The first-order valence-electron chi connectivity index (χ1n) is 7.08. The highest BCUT2D eigenvalue weighted by atomic mass is 16.2. The van der Waals surface area contributed by atoms with Crippen molar-refractivity contribution in [1.82, 2.24) is 10.2 Å². The Morgan fingerprint density at radius 2 is 1.84 bits per heavy atom. The maximum absolute atomic E-state index is 12.5. The zero-order chi connectivity index (χ0) is 14.2. The summed E-state index contributed by atoms with van der Waals surface area (Å²) < 4.78 is 0. The highest BCUT2D eigenvalue weighted by molar-refractivity contribution is 6.18. The largest absolute Gasteiger partial charge is 0.331 e. The predicted octanol–water partition coefficient (Wildman–Crippen LogP) is 2.06. The van der Waals surface area contributed by atoms with Gasteiger partial charge in [-0.3, -0.25) is 19.8 Å². The Hall–Kier alpha value is -1.39. The molecule has 0 aromatic carbocycles. The molecule has 0 radical (unpaired) electrons. The lowest BCUT2D eigenvalue weighted by Crippen LogP contribution is -2.65. The van der Waals surface area contributed by atoms with E-state index in [9.17, 15) is 14.4 Å². The van der Waals surface area contributed by atoms with Gasteiger partial charge < -0.3 is 0 Å². The van der Waals surface area contributed by atoms with E-state index in [0.717, 1.165) is 32.1 Å². The van der Waals surface area contributed by atoms with Crippen molar-refractivity contribution in [2.45, 2.75) is 58.9 Å². The minimum Gasteiger partial charge on any atom is -0.277 e. The first-order valence-corrected chi connectivity index (χ1v) is 7.08. The number of carbonyl (C=O) groups is 3. The van der Waals surface area contributed by atoms with Crippen molar-refractivity contribution in [2.75, 3.05) is 0 Å². The van der Waals surface area contributed by atoms with E-state index >= 15 is 0 Å². The van der Waals surface area contributed by atoms with Crippen LogP contribution in [0.4, 0.5) is 4.79 Å². The topological polar surface area (TPSA) is 66.5 Å². The van der Waals surface area contributed by atoms with Crippen LogP contribution in [0.15, 0.2) is 0 Å². The van der Waals surface area contributed by atoms with Crippen molar-refractivity contribution < 1.29 is 14.4 Å². The summed E-state index contributed by atoms with van der Waals surface area (Å²) >= 11 is 0. The zero-order valence-corrected chi connectivity index (χ0v) is 11.9. The van der Waals surface area contributed by atoms with E-state index in [1.807, 2.05) is 0 Å². The van der Waals surface area contributed by atoms with E-state index in [1.54, 1.807) is 13.8 Å². The number of carbonyl (C=O) groups excluding carboxylic acids is 3. The van der Waals surface area contributed by atoms with Crippen molar-refractivity contribution in [3.63, 3.8) is 0 Å². The molecule has 0 spiro atoms. The van der Waals surface area contributed by atoms with Gasteiger partial charge in [-0.2, -0.15) is 0 Å². The van der Waals surface area contributed by atoms with Crippen molar-refractivity contribution in [2.24, 2.45) is 11.3 Å². The molecule has 0 aromatic heterocycles.